The fourth-order valence-corrected chi connectivity index (χ4v) is 3.33. The number of halogens is 4. The summed E-state index contributed by atoms with van der Waals surface area (Å²) in [5.41, 5.74) is 2.69. The van der Waals surface area contributed by atoms with Crippen molar-refractivity contribution in [2.45, 2.75) is 31.5 Å². The van der Waals surface area contributed by atoms with Crippen molar-refractivity contribution in [3.05, 3.63) is 64.2 Å². The molecule has 0 aliphatic carbocycles. The lowest BCUT2D eigenvalue weighted by Crippen LogP contribution is -2.47. The Hall–Kier alpha value is -3.48. The molecule has 10 heteroatoms. The van der Waals surface area contributed by atoms with Crippen molar-refractivity contribution >= 4 is 11.8 Å². The summed E-state index contributed by atoms with van der Waals surface area (Å²) >= 11 is 0. The Bertz CT molecular complexity index is 1080. The maximum absolute atomic E-state index is 14.5. The molecule has 2 heterocycles. The first kappa shape index (κ1) is 21.2. The van der Waals surface area contributed by atoms with Crippen molar-refractivity contribution in [3.8, 4) is 6.07 Å². The standard InChI is InChI=1S/C20H16F4N4O2/c1-11-6-13(9-25)10-27-17(11)16(29)8-12-2-3-15(21)14(7-12)19(20(22,23)24)4-5-30-18(26)28-19/h2-3,6-7,10H,4-5,8H2,1H3,(H2,26,28). The van der Waals surface area contributed by atoms with Gasteiger partial charge in [-0.05, 0) is 36.2 Å². The minimum absolute atomic E-state index is 0.0822. The summed E-state index contributed by atoms with van der Waals surface area (Å²) in [6.45, 7) is 1.21. The van der Waals surface area contributed by atoms with E-state index in [4.69, 9.17) is 15.7 Å². The Morgan fingerprint density at radius 2 is 2.10 bits per heavy atom. The molecule has 0 bridgehead atoms. The Balaban J connectivity index is 2.00. The summed E-state index contributed by atoms with van der Waals surface area (Å²) in [6, 6.07) is 5.77. The van der Waals surface area contributed by atoms with Gasteiger partial charge in [0.05, 0.1) is 12.2 Å². The third kappa shape index (κ3) is 3.83. The maximum atomic E-state index is 14.5. The van der Waals surface area contributed by atoms with E-state index in [-0.39, 0.29) is 29.8 Å². The highest BCUT2D eigenvalue weighted by molar-refractivity contribution is 5.97. The zero-order chi connectivity index (χ0) is 22.1. The van der Waals surface area contributed by atoms with Crippen LogP contribution in [0.2, 0.25) is 0 Å². The van der Waals surface area contributed by atoms with Gasteiger partial charge < -0.3 is 10.5 Å². The van der Waals surface area contributed by atoms with E-state index in [0.29, 0.717) is 5.56 Å². The second-order valence-electron chi connectivity index (χ2n) is 6.82. The number of carbonyl (C=O) groups excluding carboxylic acids is 1. The molecule has 3 rings (SSSR count). The molecular formula is C20H16F4N4O2. The van der Waals surface area contributed by atoms with Crippen LogP contribution in [-0.2, 0) is 16.7 Å². The molecule has 1 aromatic heterocycles. The number of ether oxygens (including phenoxy) is 1. The van der Waals surface area contributed by atoms with Gasteiger partial charge in [-0.1, -0.05) is 6.07 Å². The van der Waals surface area contributed by atoms with E-state index in [1.54, 1.807) is 6.92 Å². The van der Waals surface area contributed by atoms with Crippen LogP contribution >= 0.6 is 0 Å². The summed E-state index contributed by atoms with van der Waals surface area (Å²) in [5.74, 6) is -1.60. The largest absolute Gasteiger partial charge is 0.465 e. The van der Waals surface area contributed by atoms with E-state index in [0.717, 1.165) is 12.1 Å². The van der Waals surface area contributed by atoms with Crippen LogP contribution in [0.25, 0.3) is 0 Å². The zero-order valence-electron chi connectivity index (χ0n) is 15.8. The Kier molecular flexibility index (Phi) is 5.48. The molecule has 156 valence electrons. The van der Waals surface area contributed by atoms with E-state index in [2.05, 4.69) is 9.98 Å². The summed E-state index contributed by atoms with van der Waals surface area (Å²) in [5, 5.41) is 8.88. The third-order valence-corrected chi connectivity index (χ3v) is 4.80. The van der Waals surface area contributed by atoms with Crippen LogP contribution in [0.4, 0.5) is 17.6 Å². The quantitative estimate of drug-likeness (QED) is 0.604. The monoisotopic (exact) mass is 420 g/mol. The number of carbonyl (C=O) groups is 1. The van der Waals surface area contributed by atoms with Crippen LogP contribution in [0.15, 0.2) is 35.5 Å². The number of nitrogens with zero attached hydrogens (tertiary/aromatic N) is 3. The summed E-state index contributed by atoms with van der Waals surface area (Å²) in [7, 11) is 0. The highest BCUT2D eigenvalue weighted by Crippen LogP contribution is 2.47. The SMILES string of the molecule is Cc1cc(C#N)cnc1C(=O)Cc1ccc(F)c(C2(C(F)(F)F)CCOC(N)=N2)c1. The first-order valence-corrected chi connectivity index (χ1v) is 8.81. The molecule has 2 N–H and O–H groups in total. The average Bonchev–Trinajstić information content (AvgIpc) is 2.68. The number of hydrogen-bond acceptors (Lipinski definition) is 6. The van der Waals surface area contributed by atoms with Gasteiger partial charge in [-0.25, -0.2) is 9.38 Å². The molecule has 30 heavy (non-hydrogen) atoms. The van der Waals surface area contributed by atoms with Crippen molar-refractivity contribution in [1.82, 2.24) is 4.98 Å². The number of pyridine rings is 1. The molecule has 0 saturated carbocycles. The van der Waals surface area contributed by atoms with E-state index < -0.39 is 41.3 Å². The molecular weight excluding hydrogens is 404 g/mol. The summed E-state index contributed by atoms with van der Waals surface area (Å²) in [4.78, 5) is 20.0. The maximum Gasteiger partial charge on any atom is 0.418 e. The molecule has 0 saturated heterocycles. The third-order valence-electron chi connectivity index (χ3n) is 4.80. The van der Waals surface area contributed by atoms with E-state index >= 15 is 0 Å². The number of alkyl halides is 3. The predicted octanol–water partition coefficient (Wildman–Crippen LogP) is 3.32. The van der Waals surface area contributed by atoms with Gasteiger partial charge in [0, 0.05) is 24.6 Å². The van der Waals surface area contributed by atoms with Gasteiger partial charge in [0.25, 0.3) is 6.02 Å². The number of benzene rings is 1. The Morgan fingerprint density at radius 1 is 1.37 bits per heavy atom. The number of Topliss-reactive ketones (excluding diaryl/α,β-unsaturated/α-hetero) is 1. The van der Waals surface area contributed by atoms with E-state index in [9.17, 15) is 22.4 Å². The van der Waals surface area contributed by atoms with E-state index in [1.165, 1.54) is 18.3 Å². The summed E-state index contributed by atoms with van der Waals surface area (Å²) in [6.07, 6.45) is -4.66. The molecule has 0 spiro atoms. The van der Waals surface area contributed by atoms with Gasteiger partial charge >= 0.3 is 6.18 Å². The molecule has 1 aromatic carbocycles. The normalized spacial score (nSPS) is 18.9. The minimum Gasteiger partial charge on any atom is -0.465 e. The van der Waals surface area contributed by atoms with Gasteiger partial charge in [0.15, 0.2) is 11.3 Å². The number of aromatic nitrogens is 1. The fraction of sp³-hybridized carbons (Fsp3) is 0.300. The number of aryl methyl sites for hydroxylation is 1. The smallest absolute Gasteiger partial charge is 0.418 e. The molecule has 2 aromatic rings. The van der Waals surface area contributed by atoms with Crippen LogP contribution in [-0.4, -0.2) is 29.6 Å². The second kappa shape index (κ2) is 7.74. The van der Waals surface area contributed by atoms with Crippen molar-refractivity contribution in [2.24, 2.45) is 10.7 Å². The molecule has 0 radical (unpaired) electrons. The second-order valence-corrected chi connectivity index (χ2v) is 6.82. The number of nitrogens with two attached hydrogens (primary N) is 1. The van der Waals surface area contributed by atoms with Crippen LogP contribution in [0.1, 0.15) is 39.2 Å². The number of nitriles is 1. The Labute approximate surface area is 169 Å². The molecule has 6 nitrogen and oxygen atoms in total. The fourth-order valence-electron chi connectivity index (χ4n) is 3.33. The highest BCUT2D eigenvalue weighted by Gasteiger charge is 2.59. The topological polar surface area (TPSA) is 101 Å². The average molecular weight is 420 g/mol. The lowest BCUT2D eigenvalue weighted by atomic mass is 9.84. The van der Waals surface area contributed by atoms with Crippen LogP contribution in [0.5, 0.6) is 0 Å². The number of rotatable bonds is 4. The van der Waals surface area contributed by atoms with Crippen molar-refractivity contribution < 1.29 is 27.1 Å². The number of aliphatic imine (C=N–C) groups is 1. The first-order valence-electron chi connectivity index (χ1n) is 8.81. The van der Waals surface area contributed by atoms with E-state index in [1.807, 2.05) is 6.07 Å². The Morgan fingerprint density at radius 3 is 2.70 bits per heavy atom. The number of ketones is 1. The van der Waals surface area contributed by atoms with Gasteiger partial charge in [-0.15, -0.1) is 0 Å². The van der Waals surface area contributed by atoms with Crippen LogP contribution in [0.3, 0.4) is 0 Å². The summed E-state index contributed by atoms with van der Waals surface area (Å²) < 4.78 is 61.1. The number of hydrogen-bond donors (Lipinski definition) is 1. The van der Waals surface area contributed by atoms with Crippen molar-refractivity contribution in [1.29, 1.82) is 5.26 Å². The van der Waals surface area contributed by atoms with Crippen LogP contribution < -0.4 is 5.73 Å². The van der Waals surface area contributed by atoms with Gasteiger partial charge in [0.1, 0.15) is 17.6 Å². The molecule has 0 amide bonds. The minimum atomic E-state index is -4.93. The van der Waals surface area contributed by atoms with Crippen LogP contribution in [0, 0.1) is 24.1 Å². The lowest BCUT2D eigenvalue weighted by molar-refractivity contribution is -0.196. The molecule has 0 fully saturated rings. The van der Waals surface area contributed by atoms with Gasteiger partial charge in [0.2, 0.25) is 0 Å². The van der Waals surface area contributed by atoms with Crippen molar-refractivity contribution in [2.75, 3.05) is 6.61 Å². The van der Waals surface area contributed by atoms with Gasteiger partial charge in [-0.2, -0.15) is 18.4 Å². The van der Waals surface area contributed by atoms with Gasteiger partial charge in [-0.3, -0.25) is 9.78 Å². The number of amidine groups is 1. The molecule has 1 aliphatic rings. The van der Waals surface area contributed by atoms with Crippen molar-refractivity contribution in [3.63, 3.8) is 0 Å². The lowest BCUT2D eigenvalue weighted by Gasteiger charge is -2.35. The zero-order valence-corrected chi connectivity index (χ0v) is 15.8. The molecule has 1 atom stereocenters. The molecule has 1 aliphatic heterocycles. The highest BCUT2D eigenvalue weighted by atomic mass is 19.4. The molecule has 1 unspecified atom stereocenters. The first-order chi connectivity index (χ1) is 14.1. The predicted molar refractivity (Wildman–Crippen MR) is 98.0 cm³/mol.